The summed E-state index contributed by atoms with van der Waals surface area (Å²) in [6.45, 7) is 6.61. The van der Waals surface area contributed by atoms with Crippen LogP contribution in [0.2, 0.25) is 0 Å². The van der Waals surface area contributed by atoms with Gasteiger partial charge in [0, 0.05) is 31.4 Å². The molecule has 2 saturated heterocycles. The number of ether oxygens (including phenoxy) is 2. The van der Waals surface area contributed by atoms with E-state index < -0.39 is 0 Å². The summed E-state index contributed by atoms with van der Waals surface area (Å²) in [6, 6.07) is 12.3. The van der Waals surface area contributed by atoms with Crippen LogP contribution in [-0.2, 0) is 4.74 Å². The van der Waals surface area contributed by atoms with E-state index in [4.69, 9.17) is 9.47 Å². The molecule has 1 aromatic carbocycles. The Hall–Kier alpha value is -2.60. The zero-order valence-corrected chi connectivity index (χ0v) is 19.5. The van der Waals surface area contributed by atoms with Gasteiger partial charge in [-0.25, -0.2) is 4.98 Å². The number of hydrogen-bond donors (Lipinski definition) is 1. The number of piperidine rings is 1. The minimum Gasteiger partial charge on any atom is -0.481 e. The van der Waals surface area contributed by atoms with Crippen molar-refractivity contribution in [2.24, 2.45) is 5.92 Å². The molecule has 0 aliphatic carbocycles. The van der Waals surface area contributed by atoms with Crippen LogP contribution in [-0.4, -0.2) is 48.6 Å². The largest absolute Gasteiger partial charge is 0.481 e. The minimum atomic E-state index is -0.0211. The van der Waals surface area contributed by atoms with Crippen LogP contribution < -0.4 is 10.1 Å². The molecule has 6 heteroatoms. The zero-order valence-electron chi connectivity index (χ0n) is 19.5. The van der Waals surface area contributed by atoms with Gasteiger partial charge in [0.2, 0.25) is 5.88 Å². The normalized spacial score (nSPS) is 21.9. The number of rotatable bonds is 6. The molecule has 0 saturated carbocycles. The lowest BCUT2D eigenvalue weighted by Crippen LogP contribution is -2.38. The number of hydrogen-bond acceptors (Lipinski definition) is 5. The third-order valence-corrected chi connectivity index (χ3v) is 6.63. The van der Waals surface area contributed by atoms with Gasteiger partial charge in [-0.2, -0.15) is 0 Å². The van der Waals surface area contributed by atoms with Crippen LogP contribution in [0.25, 0.3) is 0 Å². The number of benzene rings is 1. The van der Waals surface area contributed by atoms with Crippen molar-refractivity contribution >= 4 is 11.6 Å². The molecule has 2 aliphatic heterocycles. The van der Waals surface area contributed by atoms with Crippen molar-refractivity contribution in [1.82, 2.24) is 9.88 Å². The van der Waals surface area contributed by atoms with Gasteiger partial charge in [-0.3, -0.25) is 4.79 Å². The smallest absolute Gasteiger partial charge is 0.272 e. The Morgan fingerprint density at radius 1 is 1.16 bits per heavy atom. The second-order valence-corrected chi connectivity index (χ2v) is 9.23. The number of pyridine rings is 1. The fraction of sp³-hybridized carbons (Fsp3) is 0.538. The van der Waals surface area contributed by atoms with Crippen LogP contribution in [0.1, 0.15) is 66.7 Å². The molecule has 0 spiro atoms. The van der Waals surface area contributed by atoms with Crippen molar-refractivity contribution in [1.29, 1.82) is 0 Å². The summed E-state index contributed by atoms with van der Waals surface area (Å²) in [5, 5.41) is 3.46. The molecule has 2 aliphatic rings. The maximum atomic E-state index is 13.0. The second kappa shape index (κ2) is 10.3. The third-order valence-electron chi connectivity index (χ3n) is 6.63. The lowest BCUT2D eigenvalue weighted by Gasteiger charge is -2.31. The summed E-state index contributed by atoms with van der Waals surface area (Å²) in [5.41, 5.74) is 3.78. The van der Waals surface area contributed by atoms with E-state index >= 15 is 0 Å². The van der Waals surface area contributed by atoms with Crippen LogP contribution in [0, 0.1) is 12.8 Å². The number of nitrogens with one attached hydrogen (secondary N) is 1. The van der Waals surface area contributed by atoms with Crippen molar-refractivity contribution in [3.63, 3.8) is 0 Å². The molecule has 2 fully saturated rings. The zero-order chi connectivity index (χ0) is 22.5. The summed E-state index contributed by atoms with van der Waals surface area (Å²) >= 11 is 0. The van der Waals surface area contributed by atoms with E-state index in [1.807, 2.05) is 17.0 Å². The van der Waals surface area contributed by atoms with Gasteiger partial charge in [0.25, 0.3) is 5.91 Å². The van der Waals surface area contributed by atoms with Crippen molar-refractivity contribution in [2.45, 2.75) is 58.2 Å². The molecule has 32 heavy (non-hydrogen) atoms. The first-order chi connectivity index (χ1) is 15.5. The molecule has 0 bridgehead atoms. The first-order valence-corrected chi connectivity index (χ1v) is 11.8. The molecule has 6 nitrogen and oxygen atoms in total. The van der Waals surface area contributed by atoms with Crippen molar-refractivity contribution in [2.75, 3.05) is 32.1 Å². The number of amides is 1. The Morgan fingerprint density at radius 3 is 2.62 bits per heavy atom. The van der Waals surface area contributed by atoms with Crippen LogP contribution >= 0.6 is 0 Å². The van der Waals surface area contributed by atoms with Crippen LogP contribution in [0.4, 0.5) is 5.69 Å². The molecule has 1 amide bonds. The molecule has 2 atom stereocenters. The lowest BCUT2D eigenvalue weighted by atomic mass is 9.97. The maximum absolute atomic E-state index is 13.0. The Kier molecular flexibility index (Phi) is 7.30. The van der Waals surface area contributed by atoms with Gasteiger partial charge in [0.15, 0.2) is 0 Å². The lowest BCUT2D eigenvalue weighted by molar-refractivity contribution is -0.0442. The van der Waals surface area contributed by atoms with Crippen LogP contribution in [0.3, 0.4) is 0 Å². The van der Waals surface area contributed by atoms with Gasteiger partial charge < -0.3 is 19.7 Å². The fourth-order valence-corrected chi connectivity index (χ4v) is 4.50. The Morgan fingerprint density at radius 2 is 1.91 bits per heavy atom. The highest BCUT2D eigenvalue weighted by Gasteiger charge is 2.25. The number of carbonyl (C=O) groups excluding carboxylic acids is 1. The molecular weight excluding hydrogens is 402 g/mol. The van der Waals surface area contributed by atoms with E-state index in [1.165, 1.54) is 11.1 Å². The van der Waals surface area contributed by atoms with Gasteiger partial charge in [0.05, 0.1) is 19.3 Å². The summed E-state index contributed by atoms with van der Waals surface area (Å²) in [6.07, 6.45) is 5.56. The number of nitrogens with zero attached hydrogens (tertiary/aromatic N) is 2. The number of anilines is 1. The van der Waals surface area contributed by atoms with Crippen LogP contribution in [0.5, 0.6) is 5.88 Å². The van der Waals surface area contributed by atoms with E-state index in [2.05, 4.69) is 48.4 Å². The average molecular weight is 438 g/mol. The van der Waals surface area contributed by atoms with E-state index in [0.29, 0.717) is 24.0 Å². The summed E-state index contributed by atoms with van der Waals surface area (Å²) < 4.78 is 11.8. The molecule has 0 unspecified atom stereocenters. The predicted octanol–water partition coefficient (Wildman–Crippen LogP) is 4.99. The minimum absolute atomic E-state index is 0.0211. The number of likely N-dealkylation sites (tertiary alicyclic amines) is 1. The Balaban J connectivity index is 1.39. The Labute approximate surface area is 191 Å². The molecular formula is C26H35N3O3. The SMILES string of the molecule is COc1cc(NC[C@H]2CCC[C@@H](c3ccc(C)cc3)O2)cc(C(=O)N2CCC(C)CC2)n1. The number of aryl methyl sites for hydroxylation is 1. The molecule has 1 aromatic heterocycles. The van der Waals surface area contributed by atoms with Gasteiger partial charge in [-0.1, -0.05) is 36.8 Å². The highest BCUT2D eigenvalue weighted by Crippen LogP contribution is 2.31. The number of aromatic nitrogens is 1. The molecule has 1 N–H and O–H groups in total. The summed E-state index contributed by atoms with van der Waals surface area (Å²) in [4.78, 5) is 19.3. The first kappa shape index (κ1) is 22.6. The maximum Gasteiger partial charge on any atom is 0.272 e. The number of methoxy groups -OCH3 is 1. The van der Waals surface area contributed by atoms with Crippen molar-refractivity contribution in [3.8, 4) is 5.88 Å². The fourth-order valence-electron chi connectivity index (χ4n) is 4.50. The van der Waals surface area contributed by atoms with Gasteiger partial charge >= 0.3 is 0 Å². The van der Waals surface area contributed by atoms with Gasteiger partial charge in [-0.15, -0.1) is 0 Å². The van der Waals surface area contributed by atoms with E-state index in [-0.39, 0.29) is 18.1 Å². The standard InChI is InChI=1S/C26H35N3O3/c1-18-7-9-20(10-8-18)24-6-4-5-22(32-24)17-27-21-15-23(28-25(16-21)31-3)26(30)29-13-11-19(2)12-14-29/h7-10,15-16,19,22,24H,4-6,11-14,17H2,1-3H3,(H,27,28)/t22-,24+/m1/s1. The Bertz CT molecular complexity index is 907. The second-order valence-electron chi connectivity index (χ2n) is 9.23. The van der Waals surface area contributed by atoms with E-state index in [9.17, 15) is 4.79 Å². The average Bonchev–Trinajstić information content (AvgIpc) is 2.83. The van der Waals surface area contributed by atoms with Gasteiger partial charge in [0.1, 0.15) is 5.69 Å². The summed E-state index contributed by atoms with van der Waals surface area (Å²) in [7, 11) is 1.58. The molecule has 3 heterocycles. The first-order valence-electron chi connectivity index (χ1n) is 11.8. The number of carbonyl (C=O) groups is 1. The van der Waals surface area contributed by atoms with Crippen molar-refractivity contribution < 1.29 is 14.3 Å². The molecule has 172 valence electrons. The van der Waals surface area contributed by atoms with Gasteiger partial charge in [-0.05, 0) is 56.6 Å². The quantitative estimate of drug-likeness (QED) is 0.690. The summed E-state index contributed by atoms with van der Waals surface area (Å²) in [5.74, 6) is 1.10. The van der Waals surface area contributed by atoms with E-state index in [0.717, 1.165) is 50.9 Å². The predicted molar refractivity (Wildman–Crippen MR) is 126 cm³/mol. The highest BCUT2D eigenvalue weighted by atomic mass is 16.5. The highest BCUT2D eigenvalue weighted by molar-refractivity contribution is 5.93. The topological polar surface area (TPSA) is 63.7 Å². The molecule has 0 radical (unpaired) electrons. The van der Waals surface area contributed by atoms with Crippen LogP contribution in [0.15, 0.2) is 36.4 Å². The third kappa shape index (κ3) is 5.60. The molecule has 4 rings (SSSR count). The monoisotopic (exact) mass is 437 g/mol. The van der Waals surface area contributed by atoms with Crippen molar-refractivity contribution in [3.05, 3.63) is 53.2 Å². The van der Waals surface area contributed by atoms with E-state index in [1.54, 1.807) is 7.11 Å². The molecule has 2 aromatic rings.